The molecule has 0 spiro atoms. The van der Waals surface area contributed by atoms with Crippen LogP contribution in [0, 0.1) is 0 Å². The number of nitrogens with one attached hydrogen (secondary N) is 1. The van der Waals surface area contributed by atoms with Gasteiger partial charge < -0.3 is 10.4 Å². The molecule has 0 atom stereocenters. The summed E-state index contributed by atoms with van der Waals surface area (Å²) in [5, 5.41) is 12.1. The molecular weight excluding hydrogens is 392 g/mol. The molecule has 28 heavy (non-hydrogen) atoms. The first-order valence-electron chi connectivity index (χ1n) is 8.59. The van der Waals surface area contributed by atoms with Gasteiger partial charge in [0.2, 0.25) is 5.91 Å². The predicted octanol–water partition coefficient (Wildman–Crippen LogP) is 4.18. The Kier molecular flexibility index (Phi) is 6.62. The van der Waals surface area contributed by atoms with Crippen molar-refractivity contribution < 1.29 is 14.7 Å². The van der Waals surface area contributed by atoms with Gasteiger partial charge in [0.25, 0.3) is 5.91 Å². The monoisotopic (exact) mass is 410 g/mol. The van der Waals surface area contributed by atoms with E-state index in [9.17, 15) is 14.7 Å². The third-order valence-corrected chi connectivity index (χ3v) is 5.30. The minimum Gasteiger partial charge on any atom is -0.508 e. The van der Waals surface area contributed by atoms with Gasteiger partial charge in [-0.25, -0.2) is 0 Å². The highest BCUT2D eigenvalue weighted by atomic mass is 32.2. The molecule has 2 aromatic rings. The molecule has 7 heteroatoms. The van der Waals surface area contributed by atoms with Crippen molar-refractivity contribution in [1.82, 2.24) is 4.90 Å². The molecule has 0 bridgehead atoms. The van der Waals surface area contributed by atoms with Crippen molar-refractivity contribution in [3.05, 3.63) is 77.2 Å². The molecule has 2 N–H and O–H groups in total. The average Bonchev–Trinajstić information content (AvgIpc) is 2.94. The van der Waals surface area contributed by atoms with E-state index in [-0.39, 0.29) is 30.5 Å². The van der Waals surface area contributed by atoms with Gasteiger partial charge in [-0.2, -0.15) is 0 Å². The fourth-order valence-electron chi connectivity index (χ4n) is 2.54. The summed E-state index contributed by atoms with van der Waals surface area (Å²) >= 11 is 6.50. The van der Waals surface area contributed by atoms with Crippen LogP contribution < -0.4 is 5.32 Å². The smallest absolute Gasteiger partial charge is 0.266 e. The van der Waals surface area contributed by atoms with Crippen LogP contribution in [0.4, 0.5) is 5.69 Å². The number of phenols is 1. The van der Waals surface area contributed by atoms with E-state index in [0.29, 0.717) is 14.9 Å². The third kappa shape index (κ3) is 5.31. The maximum absolute atomic E-state index is 12.5. The van der Waals surface area contributed by atoms with E-state index >= 15 is 0 Å². The Morgan fingerprint density at radius 1 is 1.18 bits per heavy atom. The van der Waals surface area contributed by atoms with Crippen LogP contribution in [0.25, 0.3) is 6.08 Å². The van der Waals surface area contributed by atoms with Crippen LogP contribution in [0.2, 0.25) is 0 Å². The van der Waals surface area contributed by atoms with Crippen molar-refractivity contribution in [3.63, 3.8) is 0 Å². The number of hydrogen-bond donors (Lipinski definition) is 2. The summed E-state index contributed by atoms with van der Waals surface area (Å²) in [7, 11) is 0. The number of hydrogen-bond acceptors (Lipinski definition) is 5. The van der Waals surface area contributed by atoms with Gasteiger partial charge in [0.1, 0.15) is 10.1 Å². The van der Waals surface area contributed by atoms with Crippen molar-refractivity contribution in [2.24, 2.45) is 0 Å². The number of benzene rings is 2. The Balaban J connectivity index is 1.55. The molecule has 1 saturated heterocycles. The molecule has 0 aromatic heterocycles. The van der Waals surface area contributed by atoms with Gasteiger partial charge in [-0.1, -0.05) is 72.5 Å². The number of aromatic hydroxyl groups is 1. The Labute approximate surface area is 172 Å². The fourth-order valence-corrected chi connectivity index (χ4v) is 3.80. The first kappa shape index (κ1) is 19.9. The van der Waals surface area contributed by atoms with E-state index in [1.54, 1.807) is 18.2 Å². The van der Waals surface area contributed by atoms with Crippen molar-refractivity contribution in [2.45, 2.75) is 6.42 Å². The zero-order chi connectivity index (χ0) is 19.9. The molecule has 0 radical (unpaired) electrons. The zero-order valence-electron chi connectivity index (χ0n) is 14.9. The number of rotatable bonds is 6. The molecule has 0 unspecified atom stereocenters. The Morgan fingerprint density at radius 3 is 2.71 bits per heavy atom. The summed E-state index contributed by atoms with van der Waals surface area (Å²) in [6, 6.07) is 16.1. The zero-order valence-corrected chi connectivity index (χ0v) is 16.5. The van der Waals surface area contributed by atoms with Crippen LogP contribution >= 0.6 is 24.0 Å². The molecule has 0 saturated carbocycles. The number of carbonyl (C=O) groups is 2. The molecule has 2 aromatic carbocycles. The van der Waals surface area contributed by atoms with Crippen LogP contribution in [0.3, 0.4) is 0 Å². The lowest BCUT2D eigenvalue weighted by Gasteiger charge is -2.14. The molecule has 2 amide bonds. The number of nitrogens with zero attached hydrogens (tertiary/aromatic N) is 1. The largest absolute Gasteiger partial charge is 0.508 e. The number of anilines is 1. The number of phenolic OH excluding ortho intramolecular Hbond substituents is 1. The van der Waals surface area contributed by atoms with Gasteiger partial charge in [-0.05, 0) is 23.8 Å². The van der Waals surface area contributed by atoms with Crippen LogP contribution in [0.5, 0.6) is 5.75 Å². The molecule has 3 rings (SSSR count). The summed E-state index contributed by atoms with van der Waals surface area (Å²) in [6.45, 7) is 0.203. The van der Waals surface area contributed by atoms with E-state index in [0.717, 1.165) is 5.56 Å². The minimum absolute atomic E-state index is 0.0726. The molecule has 1 fully saturated rings. The third-order valence-electron chi connectivity index (χ3n) is 3.90. The lowest BCUT2D eigenvalue weighted by atomic mass is 10.2. The Morgan fingerprint density at radius 2 is 1.96 bits per heavy atom. The molecule has 5 nitrogen and oxygen atoms in total. The van der Waals surface area contributed by atoms with E-state index in [2.05, 4.69) is 5.32 Å². The van der Waals surface area contributed by atoms with Gasteiger partial charge in [0.05, 0.1) is 4.91 Å². The summed E-state index contributed by atoms with van der Waals surface area (Å²) in [5.41, 5.74) is 1.54. The minimum atomic E-state index is -0.257. The maximum atomic E-state index is 12.5. The maximum Gasteiger partial charge on any atom is 0.266 e. The highest BCUT2D eigenvalue weighted by molar-refractivity contribution is 8.26. The summed E-state index contributed by atoms with van der Waals surface area (Å²) < 4.78 is 0.439. The van der Waals surface area contributed by atoms with Crippen molar-refractivity contribution in [1.29, 1.82) is 0 Å². The summed E-state index contributed by atoms with van der Waals surface area (Å²) in [4.78, 5) is 26.6. The van der Waals surface area contributed by atoms with Gasteiger partial charge in [0.15, 0.2) is 0 Å². The highest BCUT2D eigenvalue weighted by Gasteiger charge is 2.31. The Bertz CT molecular complexity index is 955. The molecule has 1 aliphatic heterocycles. The normalized spacial score (nSPS) is 15.6. The first-order valence-corrected chi connectivity index (χ1v) is 9.81. The first-order chi connectivity index (χ1) is 13.5. The number of thioether (sulfide) groups is 1. The van der Waals surface area contributed by atoms with Gasteiger partial charge in [-0.15, -0.1) is 0 Å². The molecular formula is C21H18N2O3S2. The second-order valence-corrected chi connectivity index (χ2v) is 7.65. The topological polar surface area (TPSA) is 69.6 Å². The second kappa shape index (κ2) is 9.34. The van der Waals surface area contributed by atoms with E-state index in [4.69, 9.17) is 12.2 Å². The average molecular weight is 411 g/mol. The highest BCUT2D eigenvalue weighted by Crippen LogP contribution is 2.31. The SMILES string of the molecule is O=C(CCN1C(=O)/C(=C/C=C/c2ccccc2)SC1=S)Nc1cccc(O)c1. The number of amides is 2. The quantitative estimate of drug-likeness (QED) is 0.552. The number of allylic oxidation sites excluding steroid dienone is 2. The van der Waals surface area contributed by atoms with Crippen LogP contribution in [0.15, 0.2) is 71.7 Å². The number of carbonyl (C=O) groups excluding carboxylic acids is 2. The molecule has 0 aliphatic carbocycles. The lowest BCUT2D eigenvalue weighted by molar-refractivity contribution is -0.122. The van der Waals surface area contributed by atoms with Crippen molar-refractivity contribution >= 4 is 51.9 Å². The molecule has 142 valence electrons. The number of thiocarbonyl (C=S) groups is 1. The van der Waals surface area contributed by atoms with Crippen molar-refractivity contribution in [2.75, 3.05) is 11.9 Å². The lowest BCUT2D eigenvalue weighted by Crippen LogP contribution is -2.31. The second-order valence-electron chi connectivity index (χ2n) is 5.97. The standard InChI is InChI=1S/C21H18N2O3S2/c24-17-10-5-9-16(14-17)22-19(25)12-13-23-20(26)18(28-21(23)27)11-4-8-15-6-2-1-3-7-15/h1-11,14,24H,12-13H2,(H,22,25)/b8-4+,18-11-. The van der Waals surface area contributed by atoms with Crippen LogP contribution in [-0.2, 0) is 9.59 Å². The summed E-state index contributed by atoms with van der Waals surface area (Å²) in [5.74, 6) is -0.381. The van der Waals surface area contributed by atoms with E-state index in [1.807, 2.05) is 42.5 Å². The fraction of sp³-hybridized carbons (Fsp3) is 0.0952. The predicted molar refractivity (Wildman–Crippen MR) is 117 cm³/mol. The van der Waals surface area contributed by atoms with Gasteiger partial charge in [-0.3, -0.25) is 14.5 Å². The van der Waals surface area contributed by atoms with Crippen LogP contribution in [-0.4, -0.2) is 32.7 Å². The van der Waals surface area contributed by atoms with Gasteiger partial charge in [0, 0.05) is 24.7 Å². The Hall–Kier alpha value is -2.90. The molecule has 1 heterocycles. The van der Waals surface area contributed by atoms with E-state index in [1.165, 1.54) is 28.8 Å². The summed E-state index contributed by atoms with van der Waals surface area (Å²) in [6.07, 6.45) is 5.57. The van der Waals surface area contributed by atoms with Crippen LogP contribution in [0.1, 0.15) is 12.0 Å². The molecule has 1 aliphatic rings. The van der Waals surface area contributed by atoms with E-state index < -0.39 is 0 Å². The van der Waals surface area contributed by atoms with Gasteiger partial charge >= 0.3 is 0 Å². The van der Waals surface area contributed by atoms with Crippen molar-refractivity contribution in [3.8, 4) is 5.75 Å².